The first-order valence-electron chi connectivity index (χ1n) is 6.06. The Hall–Kier alpha value is -1.55. The number of rotatable bonds is 3. The number of fused-ring (bicyclic) bond motifs is 1. The third-order valence-corrected chi connectivity index (χ3v) is 3.10. The van der Waals surface area contributed by atoms with Crippen molar-refractivity contribution in [2.75, 3.05) is 0 Å². The van der Waals surface area contributed by atoms with Crippen LogP contribution in [0, 0.1) is 0 Å². The highest BCUT2D eigenvalue weighted by Crippen LogP contribution is 2.44. The Balaban J connectivity index is 2.01. The van der Waals surface area contributed by atoms with Crippen LogP contribution in [0.2, 0.25) is 0 Å². The SMILES string of the molecule is CC(C)NC1(c2ncc3cccnc3n2)CC1. The molecule has 0 atom stereocenters. The van der Waals surface area contributed by atoms with Gasteiger partial charge in [-0.25, -0.2) is 15.0 Å². The highest BCUT2D eigenvalue weighted by molar-refractivity contribution is 5.72. The molecule has 4 heteroatoms. The summed E-state index contributed by atoms with van der Waals surface area (Å²) in [6.07, 6.45) is 5.87. The van der Waals surface area contributed by atoms with Crippen molar-refractivity contribution in [2.24, 2.45) is 0 Å². The summed E-state index contributed by atoms with van der Waals surface area (Å²) in [6.45, 7) is 4.30. The lowest BCUT2D eigenvalue weighted by atomic mass is 10.2. The van der Waals surface area contributed by atoms with E-state index in [1.165, 1.54) is 0 Å². The van der Waals surface area contributed by atoms with Gasteiger partial charge in [-0.2, -0.15) is 0 Å². The van der Waals surface area contributed by atoms with Gasteiger partial charge >= 0.3 is 0 Å². The highest BCUT2D eigenvalue weighted by atomic mass is 15.1. The van der Waals surface area contributed by atoms with Crippen LogP contribution in [0.15, 0.2) is 24.5 Å². The Morgan fingerprint density at radius 3 is 2.82 bits per heavy atom. The van der Waals surface area contributed by atoms with Crippen LogP contribution in [-0.2, 0) is 5.54 Å². The van der Waals surface area contributed by atoms with Gasteiger partial charge in [-0.15, -0.1) is 0 Å². The fourth-order valence-corrected chi connectivity index (χ4v) is 2.20. The van der Waals surface area contributed by atoms with Gasteiger partial charge in [0.05, 0.1) is 5.54 Å². The van der Waals surface area contributed by atoms with Crippen LogP contribution in [0.3, 0.4) is 0 Å². The minimum absolute atomic E-state index is 0.000121. The first-order valence-corrected chi connectivity index (χ1v) is 6.06. The highest BCUT2D eigenvalue weighted by Gasteiger charge is 2.47. The molecule has 1 fully saturated rings. The average molecular weight is 228 g/mol. The molecule has 0 bridgehead atoms. The van der Waals surface area contributed by atoms with Gasteiger partial charge in [0, 0.05) is 23.8 Å². The van der Waals surface area contributed by atoms with Crippen molar-refractivity contribution in [1.29, 1.82) is 0 Å². The molecule has 1 aliphatic carbocycles. The van der Waals surface area contributed by atoms with E-state index in [1.54, 1.807) is 6.20 Å². The molecule has 3 rings (SSSR count). The summed E-state index contributed by atoms with van der Waals surface area (Å²) in [6, 6.07) is 4.34. The molecule has 88 valence electrons. The van der Waals surface area contributed by atoms with Crippen LogP contribution in [0.25, 0.3) is 11.0 Å². The smallest absolute Gasteiger partial charge is 0.162 e. The summed E-state index contributed by atoms with van der Waals surface area (Å²) in [5, 5.41) is 4.56. The molecule has 4 nitrogen and oxygen atoms in total. The van der Waals surface area contributed by atoms with Crippen molar-refractivity contribution in [3.8, 4) is 0 Å². The molecule has 2 aromatic rings. The third kappa shape index (κ3) is 1.89. The van der Waals surface area contributed by atoms with Gasteiger partial charge in [-0.05, 0) is 38.8 Å². The van der Waals surface area contributed by atoms with Crippen LogP contribution < -0.4 is 5.32 Å². The lowest BCUT2D eigenvalue weighted by Gasteiger charge is -2.18. The molecule has 0 aromatic carbocycles. The fraction of sp³-hybridized carbons (Fsp3) is 0.462. The molecular formula is C13H16N4. The second-order valence-corrected chi connectivity index (χ2v) is 4.99. The van der Waals surface area contributed by atoms with E-state index < -0.39 is 0 Å². The molecule has 0 unspecified atom stereocenters. The largest absolute Gasteiger partial charge is 0.303 e. The number of pyridine rings is 1. The van der Waals surface area contributed by atoms with E-state index >= 15 is 0 Å². The van der Waals surface area contributed by atoms with E-state index in [4.69, 9.17) is 0 Å². The van der Waals surface area contributed by atoms with E-state index in [-0.39, 0.29) is 5.54 Å². The summed E-state index contributed by atoms with van der Waals surface area (Å²) >= 11 is 0. The Kier molecular flexibility index (Phi) is 2.33. The Morgan fingerprint density at radius 1 is 1.29 bits per heavy atom. The Labute approximate surface area is 101 Å². The zero-order valence-corrected chi connectivity index (χ0v) is 10.1. The van der Waals surface area contributed by atoms with Crippen LogP contribution in [-0.4, -0.2) is 21.0 Å². The predicted molar refractivity (Wildman–Crippen MR) is 66.5 cm³/mol. The summed E-state index contributed by atoms with van der Waals surface area (Å²) in [5.74, 6) is 0.886. The van der Waals surface area contributed by atoms with E-state index in [9.17, 15) is 0 Å². The minimum atomic E-state index is -0.000121. The van der Waals surface area contributed by atoms with Crippen molar-refractivity contribution in [2.45, 2.75) is 38.3 Å². The predicted octanol–water partition coefficient (Wildman–Crippen LogP) is 2.01. The molecule has 2 aromatic heterocycles. The molecule has 0 amide bonds. The summed E-state index contributed by atoms with van der Waals surface area (Å²) in [5.41, 5.74) is 0.786. The van der Waals surface area contributed by atoms with Crippen molar-refractivity contribution < 1.29 is 0 Å². The topological polar surface area (TPSA) is 50.7 Å². The molecule has 1 aliphatic rings. The quantitative estimate of drug-likeness (QED) is 0.873. The first kappa shape index (κ1) is 10.6. The monoisotopic (exact) mass is 228 g/mol. The Bertz CT molecular complexity index is 546. The number of aromatic nitrogens is 3. The number of nitrogens with zero attached hydrogens (tertiary/aromatic N) is 3. The van der Waals surface area contributed by atoms with Crippen LogP contribution >= 0.6 is 0 Å². The number of hydrogen-bond donors (Lipinski definition) is 1. The zero-order chi connectivity index (χ0) is 11.9. The maximum Gasteiger partial charge on any atom is 0.162 e. The standard InChI is InChI=1S/C13H16N4/c1-9(2)17-13(5-6-13)12-15-8-10-4-3-7-14-11(10)16-12/h3-4,7-9,17H,5-6H2,1-2H3. The van der Waals surface area contributed by atoms with E-state index in [2.05, 4.69) is 34.1 Å². The Morgan fingerprint density at radius 2 is 2.12 bits per heavy atom. The molecular weight excluding hydrogens is 212 g/mol. The molecule has 0 aliphatic heterocycles. The van der Waals surface area contributed by atoms with Gasteiger partial charge in [0.1, 0.15) is 0 Å². The van der Waals surface area contributed by atoms with Gasteiger partial charge < -0.3 is 5.32 Å². The molecule has 0 saturated heterocycles. The van der Waals surface area contributed by atoms with Gasteiger partial charge in [-0.1, -0.05) is 0 Å². The van der Waals surface area contributed by atoms with Crippen molar-refractivity contribution in [3.05, 3.63) is 30.4 Å². The number of hydrogen-bond acceptors (Lipinski definition) is 4. The lowest BCUT2D eigenvalue weighted by molar-refractivity contribution is 0.442. The van der Waals surface area contributed by atoms with Gasteiger partial charge in [0.25, 0.3) is 0 Å². The van der Waals surface area contributed by atoms with Gasteiger partial charge in [0.2, 0.25) is 0 Å². The summed E-state index contributed by atoms with van der Waals surface area (Å²) in [7, 11) is 0. The van der Waals surface area contributed by atoms with Crippen LogP contribution in [0.5, 0.6) is 0 Å². The normalized spacial score (nSPS) is 17.6. The van der Waals surface area contributed by atoms with Crippen LogP contribution in [0.4, 0.5) is 0 Å². The molecule has 1 N–H and O–H groups in total. The lowest BCUT2D eigenvalue weighted by Crippen LogP contribution is -2.36. The second kappa shape index (κ2) is 3.74. The van der Waals surface area contributed by atoms with E-state index in [0.29, 0.717) is 6.04 Å². The van der Waals surface area contributed by atoms with Crippen molar-refractivity contribution in [1.82, 2.24) is 20.3 Å². The molecule has 0 spiro atoms. The van der Waals surface area contributed by atoms with Gasteiger partial charge in [-0.3, -0.25) is 0 Å². The van der Waals surface area contributed by atoms with E-state index in [0.717, 1.165) is 29.7 Å². The van der Waals surface area contributed by atoms with Crippen molar-refractivity contribution in [3.63, 3.8) is 0 Å². The zero-order valence-electron chi connectivity index (χ0n) is 10.1. The molecule has 17 heavy (non-hydrogen) atoms. The summed E-state index contributed by atoms with van der Waals surface area (Å²) < 4.78 is 0. The maximum absolute atomic E-state index is 4.58. The molecule has 0 radical (unpaired) electrons. The third-order valence-electron chi connectivity index (χ3n) is 3.10. The average Bonchev–Trinajstić information content (AvgIpc) is 3.08. The molecule has 2 heterocycles. The molecule has 1 saturated carbocycles. The van der Waals surface area contributed by atoms with E-state index in [1.807, 2.05) is 18.3 Å². The van der Waals surface area contributed by atoms with Crippen molar-refractivity contribution >= 4 is 11.0 Å². The first-order chi connectivity index (χ1) is 8.20. The second-order valence-electron chi connectivity index (χ2n) is 4.99. The fourth-order valence-electron chi connectivity index (χ4n) is 2.20. The van der Waals surface area contributed by atoms with Crippen LogP contribution in [0.1, 0.15) is 32.5 Å². The summed E-state index contributed by atoms with van der Waals surface area (Å²) in [4.78, 5) is 13.3. The minimum Gasteiger partial charge on any atom is -0.303 e. The number of nitrogens with one attached hydrogen (secondary N) is 1. The maximum atomic E-state index is 4.58. The van der Waals surface area contributed by atoms with Gasteiger partial charge in [0.15, 0.2) is 11.5 Å².